The molecule has 0 bridgehead atoms. The summed E-state index contributed by atoms with van der Waals surface area (Å²) in [6, 6.07) is 2.17. The zero-order valence-electron chi connectivity index (χ0n) is 32.5. The Labute approximate surface area is 422 Å². The Kier molecular flexibility index (Phi) is 18.3. The minimum atomic E-state index is -2.78. The van der Waals surface area contributed by atoms with Crippen molar-refractivity contribution in [2.45, 2.75) is 72.4 Å². The van der Waals surface area contributed by atoms with Gasteiger partial charge in [0.2, 0.25) is 17.0 Å². The third-order valence-electron chi connectivity index (χ3n) is 9.74. The monoisotopic (exact) mass is 997 g/mol. The van der Waals surface area contributed by atoms with Crippen LogP contribution >= 0.6 is 46.9 Å². The second-order valence-corrected chi connectivity index (χ2v) is 18.1. The number of methoxy groups -OCH3 is 1. The van der Waals surface area contributed by atoms with Crippen molar-refractivity contribution in [1.82, 2.24) is 45.8 Å². The van der Waals surface area contributed by atoms with Gasteiger partial charge in [0, 0.05) is 17.6 Å². The SMILES string of the molecule is CO[C@@]1(NC(=O)CSC(F)F)C(=O)N2C(C(=O)O)=C(CSc3nnnn3CCO)CO[C@@H]21.Cc1onc(-c2c(F)cccc2Cl)c1C(=O)N[C@@H]1C(=O)N2[C@@H]1SC(C)(C)[C@@H]2C(=O)O.[NaH].[NaH]. The van der Waals surface area contributed by atoms with E-state index < -0.39 is 87.1 Å². The number of ether oxygens (including phenoxy) is 2. The summed E-state index contributed by atoms with van der Waals surface area (Å²) in [5, 5.41) is 47.7. The summed E-state index contributed by atoms with van der Waals surface area (Å²) in [4.78, 5) is 76.1. The van der Waals surface area contributed by atoms with Crippen LogP contribution in [0, 0.1) is 12.7 Å². The van der Waals surface area contributed by atoms with Crippen LogP contribution in [0.4, 0.5) is 13.2 Å². The number of nitrogens with zero attached hydrogens (tertiary/aromatic N) is 7. The Balaban J connectivity index is 0.000000272. The van der Waals surface area contributed by atoms with Gasteiger partial charge in [-0.05, 0) is 48.9 Å². The molecule has 0 aliphatic carbocycles. The van der Waals surface area contributed by atoms with Gasteiger partial charge in [-0.3, -0.25) is 24.1 Å². The molecule has 4 aliphatic rings. The van der Waals surface area contributed by atoms with Gasteiger partial charge < -0.3 is 44.8 Å². The summed E-state index contributed by atoms with van der Waals surface area (Å²) in [7, 11) is 1.11. The number of alkyl halides is 2. The van der Waals surface area contributed by atoms with E-state index in [1.165, 1.54) is 46.5 Å². The van der Waals surface area contributed by atoms with Crippen molar-refractivity contribution in [3.8, 4) is 11.3 Å². The number of aliphatic hydroxyl groups is 1. The number of rotatable bonds is 15. The summed E-state index contributed by atoms with van der Waals surface area (Å²) in [6.45, 7) is 4.70. The van der Waals surface area contributed by atoms with E-state index in [0.29, 0.717) is 5.16 Å². The molecule has 5 atom stereocenters. The third kappa shape index (κ3) is 10.3. The van der Waals surface area contributed by atoms with E-state index in [4.69, 9.17) is 30.7 Å². The molecule has 5 N–H and O–H groups in total. The second kappa shape index (κ2) is 21.8. The third-order valence-corrected chi connectivity index (χ3v) is 13.3. The molecule has 30 heteroatoms. The van der Waals surface area contributed by atoms with Gasteiger partial charge in [0.15, 0.2) is 6.23 Å². The zero-order valence-corrected chi connectivity index (χ0v) is 35.7. The first-order valence-electron chi connectivity index (χ1n) is 17.9. The molecule has 4 amide bonds. The fourth-order valence-electron chi connectivity index (χ4n) is 7.02. The number of β-lactam (4-membered cyclic amide) rings is 2. The summed E-state index contributed by atoms with van der Waals surface area (Å²) < 4.78 is 55.5. The fraction of sp³-hybridized carbons (Fsp3) is 0.471. The number of thioether (sulfide) groups is 3. The van der Waals surface area contributed by atoms with Crippen LogP contribution in [0.1, 0.15) is 30.0 Å². The Bertz CT molecular complexity index is 2330. The number of hydrogen-bond donors (Lipinski definition) is 5. The number of nitrogens with one attached hydrogen (secondary N) is 2. The maximum absolute atomic E-state index is 14.4. The number of halogens is 4. The number of carbonyl (C=O) groups excluding carboxylic acids is 4. The van der Waals surface area contributed by atoms with E-state index in [-0.39, 0.29) is 135 Å². The number of fused-ring (bicyclic) bond motifs is 2. The van der Waals surface area contributed by atoms with E-state index in [9.17, 15) is 52.2 Å². The molecule has 0 spiro atoms. The summed E-state index contributed by atoms with van der Waals surface area (Å²) in [6.07, 6.45) is -1.29. The molecule has 7 rings (SSSR count). The van der Waals surface area contributed by atoms with Crippen LogP contribution in [0.3, 0.4) is 0 Å². The normalized spacial score (nSPS) is 22.8. The number of carboxylic acids is 2. The van der Waals surface area contributed by atoms with Gasteiger partial charge in [-0.2, -0.15) is 8.78 Å². The first-order valence-corrected chi connectivity index (χ1v) is 21.2. The predicted molar refractivity (Wildman–Crippen MR) is 224 cm³/mol. The van der Waals surface area contributed by atoms with Crippen LogP contribution in [-0.2, 0) is 40.0 Å². The molecular weight excluding hydrogens is 961 g/mol. The number of carboxylic acid groups (broad SMARTS) is 2. The van der Waals surface area contributed by atoms with Crippen LogP contribution in [0.15, 0.2) is 39.1 Å². The second-order valence-electron chi connectivity index (χ2n) is 14.0. The molecule has 3 saturated heterocycles. The molecule has 0 radical (unpaired) electrons. The molecular formula is C34H37ClF3N9Na2O12S3. The van der Waals surface area contributed by atoms with E-state index >= 15 is 0 Å². The number of aryl methyl sites for hydroxylation is 1. The van der Waals surface area contributed by atoms with Crippen molar-refractivity contribution in [2.24, 2.45) is 0 Å². The number of carbonyl (C=O) groups is 6. The molecule has 3 aromatic rings. The van der Waals surface area contributed by atoms with E-state index in [0.717, 1.165) is 23.8 Å². The van der Waals surface area contributed by atoms with Crippen molar-refractivity contribution in [2.75, 3.05) is 31.8 Å². The summed E-state index contributed by atoms with van der Waals surface area (Å²) in [5.41, 5.74) is -2.31. The molecule has 21 nitrogen and oxygen atoms in total. The number of hydrogen-bond acceptors (Lipinski definition) is 17. The van der Waals surface area contributed by atoms with Gasteiger partial charge in [0.25, 0.3) is 23.3 Å². The van der Waals surface area contributed by atoms with Crippen molar-refractivity contribution >= 4 is 142 Å². The number of aromatic nitrogens is 5. The average molecular weight is 998 g/mol. The molecule has 3 fully saturated rings. The van der Waals surface area contributed by atoms with Gasteiger partial charge in [-0.15, -0.1) is 16.9 Å². The molecule has 4 aliphatic heterocycles. The van der Waals surface area contributed by atoms with Crippen molar-refractivity contribution in [1.29, 1.82) is 0 Å². The van der Waals surface area contributed by atoms with Crippen LogP contribution in [0.5, 0.6) is 0 Å². The quantitative estimate of drug-likeness (QED) is 0.0584. The first-order chi connectivity index (χ1) is 29.3. The van der Waals surface area contributed by atoms with Gasteiger partial charge in [-0.1, -0.05) is 46.3 Å². The number of tetrazole rings is 1. The van der Waals surface area contributed by atoms with Crippen molar-refractivity contribution in [3.05, 3.63) is 51.6 Å². The molecule has 6 heterocycles. The van der Waals surface area contributed by atoms with Gasteiger partial charge in [0.1, 0.15) is 46.0 Å². The molecule has 0 saturated carbocycles. The van der Waals surface area contributed by atoms with E-state index in [1.54, 1.807) is 13.8 Å². The Morgan fingerprint density at radius 2 is 1.88 bits per heavy atom. The van der Waals surface area contributed by atoms with E-state index in [1.807, 2.05) is 0 Å². The Hall–Kier alpha value is -2.93. The standard InChI is InChI=1S/C19H17ClFN3O5S.C15H18F2N6O7S2.2Na.2H/c1-7-10(12(23-29-7)11-8(20)5-4-6-9(11)21)15(25)22-13-16(26)24-14(18(27)28)19(2,3)30-17(13)24;1-29-15(18-8(25)6-31-13(16)17)11(28)23-9(10(26)27)7(4-30-12(15)23)5-32-14-19-20-21-22(14)2-3-24;;;;/h4-6,13-14,17H,1-3H3,(H,22,25)(H,27,28);12-13,24H,2-6H2,1H3,(H,18,25)(H,26,27);;;;/t13-,14+,17-;12-,15+;;;;/m11..../s1. The number of amides is 4. The van der Waals surface area contributed by atoms with Crippen LogP contribution in [0.2, 0.25) is 5.02 Å². The van der Waals surface area contributed by atoms with Crippen molar-refractivity contribution < 1.29 is 71.3 Å². The Morgan fingerprint density at radius 3 is 2.48 bits per heavy atom. The average Bonchev–Trinajstić information content (AvgIpc) is 3.90. The van der Waals surface area contributed by atoms with Gasteiger partial charge >= 0.3 is 71.1 Å². The van der Waals surface area contributed by atoms with Crippen LogP contribution in [0.25, 0.3) is 11.3 Å². The first kappa shape index (κ1) is 53.7. The topological polar surface area (TPSA) is 282 Å². The van der Waals surface area contributed by atoms with Gasteiger partial charge in [0.05, 0.1) is 36.1 Å². The summed E-state index contributed by atoms with van der Waals surface area (Å²) in [5.74, 6) is -9.37. The maximum atomic E-state index is 14.4. The molecule has 338 valence electrons. The zero-order chi connectivity index (χ0) is 45.4. The van der Waals surface area contributed by atoms with Crippen molar-refractivity contribution in [3.63, 3.8) is 0 Å². The van der Waals surface area contributed by atoms with E-state index in [2.05, 4.69) is 31.3 Å². The Morgan fingerprint density at radius 1 is 1.17 bits per heavy atom. The van der Waals surface area contributed by atoms with Crippen LogP contribution < -0.4 is 10.6 Å². The van der Waals surface area contributed by atoms with Gasteiger partial charge in [-0.25, -0.2) is 18.7 Å². The molecule has 64 heavy (non-hydrogen) atoms. The predicted octanol–water partition coefficient (Wildman–Crippen LogP) is 0.100. The minimum absolute atomic E-state index is 0. The molecule has 0 unspecified atom stereocenters. The molecule has 2 aromatic heterocycles. The van der Waals surface area contributed by atoms with Crippen LogP contribution in [-0.4, -0.2) is 217 Å². The number of aliphatic hydroxyl groups excluding tert-OH is 1. The number of aliphatic carboxylic acids is 2. The number of benzene rings is 1. The fourth-order valence-corrected chi connectivity index (χ4v) is 10.1. The molecule has 1 aromatic carbocycles. The summed E-state index contributed by atoms with van der Waals surface area (Å²) >= 11 is 8.54.